The second-order valence-corrected chi connectivity index (χ2v) is 3.05. The number of aliphatic hydroxyl groups excluding tert-OH is 1. The fourth-order valence-electron chi connectivity index (χ4n) is 1.12. The highest BCUT2D eigenvalue weighted by atomic mass is 16.5. The molecule has 0 saturated heterocycles. The van der Waals surface area contributed by atoms with Gasteiger partial charge in [0.15, 0.2) is 11.5 Å². The molecule has 5 nitrogen and oxygen atoms in total. The van der Waals surface area contributed by atoms with E-state index in [9.17, 15) is 9.90 Å². The lowest BCUT2D eigenvalue weighted by molar-refractivity contribution is -0.132. The molecule has 0 radical (unpaired) electrons. The van der Waals surface area contributed by atoms with Gasteiger partial charge >= 0.3 is 0 Å². The Balaban J connectivity index is 2.44. The summed E-state index contributed by atoms with van der Waals surface area (Å²) in [7, 11) is 1.54. The molecule has 0 fully saturated rings. The quantitative estimate of drug-likeness (QED) is 0.690. The number of carbonyl (C=O) groups excluding carboxylic acids is 1. The molecule has 0 heterocycles. The predicted octanol–water partition coefficient (Wildman–Crippen LogP) is 0.608. The SMILES string of the molecule is COc1ccccc1OCC(O)COC=O. The molecule has 5 heteroatoms. The topological polar surface area (TPSA) is 65.0 Å². The van der Waals surface area contributed by atoms with Gasteiger partial charge in [0.2, 0.25) is 0 Å². The minimum atomic E-state index is -0.852. The Hall–Kier alpha value is -1.75. The van der Waals surface area contributed by atoms with Crippen molar-refractivity contribution in [2.75, 3.05) is 20.3 Å². The van der Waals surface area contributed by atoms with Gasteiger partial charge in [0.1, 0.15) is 19.3 Å². The first-order valence-corrected chi connectivity index (χ1v) is 4.77. The van der Waals surface area contributed by atoms with Gasteiger partial charge in [-0.3, -0.25) is 4.79 Å². The largest absolute Gasteiger partial charge is 0.493 e. The van der Waals surface area contributed by atoms with Crippen LogP contribution in [0.1, 0.15) is 0 Å². The Kier molecular flexibility index (Phi) is 5.15. The molecule has 16 heavy (non-hydrogen) atoms. The van der Waals surface area contributed by atoms with Gasteiger partial charge in [-0.1, -0.05) is 12.1 Å². The Bertz CT molecular complexity index is 326. The van der Waals surface area contributed by atoms with Crippen LogP contribution < -0.4 is 9.47 Å². The first kappa shape index (κ1) is 12.3. The van der Waals surface area contributed by atoms with Crippen LogP contribution in [0.5, 0.6) is 11.5 Å². The average Bonchev–Trinajstić information content (AvgIpc) is 2.34. The van der Waals surface area contributed by atoms with Crippen molar-refractivity contribution < 1.29 is 24.1 Å². The van der Waals surface area contributed by atoms with Crippen LogP contribution in [0.2, 0.25) is 0 Å². The van der Waals surface area contributed by atoms with Crippen molar-refractivity contribution in [2.24, 2.45) is 0 Å². The van der Waals surface area contributed by atoms with E-state index in [2.05, 4.69) is 4.74 Å². The molecule has 0 aliphatic carbocycles. The first-order valence-electron chi connectivity index (χ1n) is 4.77. The summed E-state index contributed by atoms with van der Waals surface area (Å²) in [4.78, 5) is 9.89. The smallest absolute Gasteiger partial charge is 0.293 e. The van der Waals surface area contributed by atoms with E-state index < -0.39 is 6.10 Å². The van der Waals surface area contributed by atoms with E-state index in [-0.39, 0.29) is 19.7 Å². The highest BCUT2D eigenvalue weighted by Crippen LogP contribution is 2.25. The summed E-state index contributed by atoms with van der Waals surface area (Å²) < 4.78 is 14.8. The van der Waals surface area contributed by atoms with Crippen molar-refractivity contribution in [3.63, 3.8) is 0 Å². The number of carbonyl (C=O) groups is 1. The molecule has 1 aromatic rings. The Morgan fingerprint density at radius 3 is 2.62 bits per heavy atom. The number of ether oxygens (including phenoxy) is 3. The maximum atomic E-state index is 9.89. The Labute approximate surface area is 93.6 Å². The monoisotopic (exact) mass is 226 g/mol. The van der Waals surface area contributed by atoms with E-state index in [1.165, 1.54) is 7.11 Å². The number of methoxy groups -OCH3 is 1. The van der Waals surface area contributed by atoms with Gasteiger partial charge < -0.3 is 19.3 Å². The summed E-state index contributed by atoms with van der Waals surface area (Å²) in [5, 5.41) is 9.36. The van der Waals surface area contributed by atoms with Crippen LogP contribution in [-0.4, -0.2) is 38.0 Å². The standard InChI is InChI=1S/C11H14O5/c1-14-10-4-2-3-5-11(10)16-7-9(13)6-15-8-12/h2-5,8-9,13H,6-7H2,1H3. The lowest BCUT2D eigenvalue weighted by atomic mass is 10.3. The third-order valence-electron chi connectivity index (χ3n) is 1.86. The van der Waals surface area contributed by atoms with Gasteiger partial charge in [0.25, 0.3) is 6.47 Å². The van der Waals surface area contributed by atoms with E-state index in [1.807, 2.05) is 6.07 Å². The normalized spacial score (nSPS) is 11.6. The third kappa shape index (κ3) is 3.78. The lowest BCUT2D eigenvalue weighted by Crippen LogP contribution is -2.23. The zero-order valence-electron chi connectivity index (χ0n) is 8.96. The number of hydrogen-bond donors (Lipinski definition) is 1. The zero-order chi connectivity index (χ0) is 11.8. The van der Waals surface area contributed by atoms with E-state index in [4.69, 9.17) is 9.47 Å². The molecular formula is C11H14O5. The number of benzene rings is 1. The van der Waals surface area contributed by atoms with Gasteiger partial charge in [-0.15, -0.1) is 0 Å². The van der Waals surface area contributed by atoms with Crippen molar-refractivity contribution in [3.8, 4) is 11.5 Å². The number of hydrogen-bond acceptors (Lipinski definition) is 5. The molecule has 0 aliphatic heterocycles. The van der Waals surface area contributed by atoms with Crippen molar-refractivity contribution in [2.45, 2.75) is 6.10 Å². The molecule has 0 saturated carbocycles. The summed E-state index contributed by atoms with van der Waals surface area (Å²) in [5.74, 6) is 1.13. The summed E-state index contributed by atoms with van der Waals surface area (Å²) in [6.07, 6.45) is -0.852. The number of rotatable bonds is 7. The van der Waals surface area contributed by atoms with Gasteiger partial charge in [-0.05, 0) is 12.1 Å². The van der Waals surface area contributed by atoms with Crippen LogP contribution in [0.25, 0.3) is 0 Å². The van der Waals surface area contributed by atoms with Crippen LogP contribution in [0.3, 0.4) is 0 Å². The maximum Gasteiger partial charge on any atom is 0.293 e. The molecular weight excluding hydrogens is 212 g/mol. The summed E-state index contributed by atoms with van der Waals surface area (Å²) in [6, 6.07) is 7.10. The molecule has 1 aromatic carbocycles. The third-order valence-corrected chi connectivity index (χ3v) is 1.86. The molecule has 0 aliphatic rings. The summed E-state index contributed by atoms with van der Waals surface area (Å²) in [5.41, 5.74) is 0. The second-order valence-electron chi connectivity index (χ2n) is 3.05. The highest BCUT2D eigenvalue weighted by molar-refractivity contribution is 5.39. The lowest BCUT2D eigenvalue weighted by Gasteiger charge is -2.13. The summed E-state index contributed by atoms with van der Waals surface area (Å²) in [6.45, 7) is 0.235. The molecule has 1 rings (SSSR count). The van der Waals surface area contributed by atoms with Crippen molar-refractivity contribution >= 4 is 6.47 Å². The molecule has 0 spiro atoms. The van der Waals surface area contributed by atoms with E-state index in [0.29, 0.717) is 11.5 Å². The van der Waals surface area contributed by atoms with Crippen LogP contribution in [0, 0.1) is 0 Å². The summed E-state index contributed by atoms with van der Waals surface area (Å²) >= 11 is 0. The van der Waals surface area contributed by atoms with Crippen LogP contribution in [-0.2, 0) is 9.53 Å². The minimum Gasteiger partial charge on any atom is -0.493 e. The average molecular weight is 226 g/mol. The Morgan fingerprint density at radius 1 is 1.31 bits per heavy atom. The molecule has 0 amide bonds. The fourth-order valence-corrected chi connectivity index (χ4v) is 1.12. The first-order chi connectivity index (χ1) is 7.77. The number of para-hydroxylation sites is 2. The van der Waals surface area contributed by atoms with Crippen molar-refractivity contribution in [1.82, 2.24) is 0 Å². The molecule has 0 aromatic heterocycles. The molecule has 0 bridgehead atoms. The van der Waals surface area contributed by atoms with Crippen LogP contribution in [0.15, 0.2) is 24.3 Å². The van der Waals surface area contributed by atoms with Gasteiger partial charge in [-0.25, -0.2) is 0 Å². The van der Waals surface area contributed by atoms with Crippen molar-refractivity contribution in [1.29, 1.82) is 0 Å². The molecule has 1 unspecified atom stereocenters. The maximum absolute atomic E-state index is 9.89. The minimum absolute atomic E-state index is 0.0359. The van der Waals surface area contributed by atoms with Crippen LogP contribution >= 0.6 is 0 Å². The van der Waals surface area contributed by atoms with Gasteiger partial charge in [0.05, 0.1) is 7.11 Å². The highest BCUT2D eigenvalue weighted by Gasteiger charge is 2.08. The Morgan fingerprint density at radius 2 is 2.00 bits per heavy atom. The van der Waals surface area contributed by atoms with Crippen molar-refractivity contribution in [3.05, 3.63) is 24.3 Å². The number of aliphatic hydroxyl groups is 1. The predicted molar refractivity (Wildman–Crippen MR) is 56.5 cm³/mol. The second kappa shape index (κ2) is 6.68. The fraction of sp³-hybridized carbons (Fsp3) is 0.364. The molecule has 88 valence electrons. The van der Waals surface area contributed by atoms with E-state index in [1.54, 1.807) is 18.2 Å². The van der Waals surface area contributed by atoms with Gasteiger partial charge in [-0.2, -0.15) is 0 Å². The van der Waals surface area contributed by atoms with Gasteiger partial charge in [0, 0.05) is 0 Å². The van der Waals surface area contributed by atoms with E-state index >= 15 is 0 Å². The zero-order valence-corrected chi connectivity index (χ0v) is 8.96. The van der Waals surface area contributed by atoms with E-state index in [0.717, 1.165) is 0 Å². The molecule has 1 atom stereocenters. The molecule has 1 N–H and O–H groups in total. The van der Waals surface area contributed by atoms with Crippen LogP contribution in [0.4, 0.5) is 0 Å².